The molecule has 2 aliphatic rings. The van der Waals surface area contributed by atoms with E-state index in [9.17, 15) is 0 Å². The van der Waals surface area contributed by atoms with E-state index in [4.69, 9.17) is 9.47 Å². The maximum atomic E-state index is 5.62. The van der Waals surface area contributed by atoms with Crippen LogP contribution in [0, 0.1) is 0 Å². The van der Waals surface area contributed by atoms with Crippen molar-refractivity contribution in [3.63, 3.8) is 0 Å². The van der Waals surface area contributed by atoms with Crippen molar-refractivity contribution in [2.24, 2.45) is 0 Å². The Hall–Kier alpha value is -0.240. The monoisotopic (exact) mass is 272 g/mol. The molecule has 0 aromatic heterocycles. The number of rotatable bonds is 6. The molecule has 1 unspecified atom stereocenters. The van der Waals surface area contributed by atoms with Gasteiger partial charge in [-0.15, -0.1) is 0 Å². The van der Waals surface area contributed by atoms with E-state index in [1.165, 1.54) is 0 Å². The topological polar surface area (TPSA) is 40.2 Å². The molecule has 2 saturated heterocycles. The number of hydrazine groups is 2. The fourth-order valence-electron chi connectivity index (χ4n) is 2.73. The van der Waals surface area contributed by atoms with Gasteiger partial charge in [-0.2, -0.15) is 5.12 Å². The summed E-state index contributed by atoms with van der Waals surface area (Å²) in [4.78, 5) is 0. The van der Waals surface area contributed by atoms with Gasteiger partial charge in [0.05, 0.1) is 32.6 Å². The van der Waals surface area contributed by atoms with Gasteiger partial charge in [-0.3, -0.25) is 5.32 Å². The lowest BCUT2D eigenvalue weighted by atomic mass is 10.3. The number of ether oxygens (including phenoxy) is 2. The number of morpholine rings is 2. The van der Waals surface area contributed by atoms with Gasteiger partial charge in [-0.1, -0.05) is 6.92 Å². The Morgan fingerprint density at radius 1 is 1.16 bits per heavy atom. The Balaban J connectivity index is 2.00. The molecule has 2 heterocycles. The molecule has 0 aromatic carbocycles. The Morgan fingerprint density at radius 2 is 1.95 bits per heavy atom. The highest BCUT2D eigenvalue weighted by molar-refractivity contribution is 4.72. The maximum Gasteiger partial charge on any atom is 0.0986 e. The van der Waals surface area contributed by atoms with Crippen LogP contribution in [0.4, 0.5) is 0 Å². The number of nitrogens with one attached hydrogen (secondary N) is 1. The molecule has 0 saturated carbocycles. The fourth-order valence-corrected chi connectivity index (χ4v) is 2.73. The van der Waals surface area contributed by atoms with E-state index in [1.807, 2.05) is 0 Å². The highest BCUT2D eigenvalue weighted by Gasteiger charge is 2.29. The molecule has 0 spiro atoms. The summed E-state index contributed by atoms with van der Waals surface area (Å²) in [6.07, 6.45) is 1.43. The van der Waals surface area contributed by atoms with Crippen molar-refractivity contribution >= 4 is 0 Å². The summed E-state index contributed by atoms with van der Waals surface area (Å²) in [6, 6.07) is 0. The van der Waals surface area contributed by atoms with Crippen LogP contribution in [0.5, 0.6) is 0 Å². The minimum atomic E-state index is 0.288. The smallest absolute Gasteiger partial charge is 0.0986 e. The summed E-state index contributed by atoms with van der Waals surface area (Å²) in [5, 5.41) is 10.8. The van der Waals surface area contributed by atoms with Crippen molar-refractivity contribution in [3.05, 3.63) is 0 Å². The van der Waals surface area contributed by atoms with E-state index in [1.54, 1.807) is 0 Å². The van der Waals surface area contributed by atoms with Crippen molar-refractivity contribution in [1.82, 2.24) is 20.5 Å². The minimum absolute atomic E-state index is 0.288. The van der Waals surface area contributed by atoms with Crippen molar-refractivity contribution in [1.29, 1.82) is 0 Å². The summed E-state index contributed by atoms with van der Waals surface area (Å²) in [5.74, 6) is 0. The van der Waals surface area contributed by atoms with Crippen molar-refractivity contribution < 1.29 is 9.47 Å². The van der Waals surface area contributed by atoms with Crippen LogP contribution in [0.1, 0.15) is 20.3 Å². The average molecular weight is 272 g/mol. The molecule has 1 N–H and O–H groups in total. The molecular weight excluding hydrogens is 244 g/mol. The molecule has 6 nitrogen and oxygen atoms in total. The van der Waals surface area contributed by atoms with Crippen molar-refractivity contribution in [2.75, 3.05) is 59.2 Å². The first-order valence-corrected chi connectivity index (χ1v) is 7.54. The summed E-state index contributed by atoms with van der Waals surface area (Å²) < 4.78 is 11.1. The lowest BCUT2D eigenvalue weighted by Gasteiger charge is -2.47. The van der Waals surface area contributed by atoms with Gasteiger partial charge < -0.3 is 9.47 Å². The Morgan fingerprint density at radius 3 is 2.53 bits per heavy atom. The first-order valence-electron chi connectivity index (χ1n) is 7.54. The van der Waals surface area contributed by atoms with Crippen LogP contribution in [-0.2, 0) is 9.47 Å². The summed E-state index contributed by atoms with van der Waals surface area (Å²) in [7, 11) is 0. The van der Waals surface area contributed by atoms with Crippen LogP contribution in [0.15, 0.2) is 0 Å². The zero-order valence-electron chi connectivity index (χ0n) is 12.3. The Labute approximate surface area is 116 Å². The van der Waals surface area contributed by atoms with Gasteiger partial charge in [0.2, 0.25) is 0 Å². The lowest BCUT2D eigenvalue weighted by Crippen LogP contribution is -2.64. The average Bonchev–Trinajstić information content (AvgIpc) is 2.49. The molecule has 1 atom stereocenters. The molecule has 0 amide bonds. The van der Waals surface area contributed by atoms with Crippen LogP contribution in [0.2, 0.25) is 0 Å². The zero-order valence-corrected chi connectivity index (χ0v) is 12.3. The lowest BCUT2D eigenvalue weighted by molar-refractivity contribution is -0.235. The van der Waals surface area contributed by atoms with Gasteiger partial charge in [-0.25, -0.2) is 10.0 Å². The molecule has 112 valence electrons. The van der Waals surface area contributed by atoms with E-state index >= 15 is 0 Å². The van der Waals surface area contributed by atoms with Crippen LogP contribution in [-0.4, -0.2) is 80.5 Å². The standard InChI is InChI=1S/C13H28N4O2/c1-3-6-16(13-12-19-9-5-14-13)17(4-2)15-7-10-18-11-8-15/h13-14H,3-12H2,1-2H3. The molecule has 2 aliphatic heterocycles. The normalized spacial score (nSPS) is 26.2. The molecule has 0 aromatic rings. The van der Waals surface area contributed by atoms with E-state index in [-0.39, 0.29) is 6.17 Å². The molecule has 0 radical (unpaired) electrons. The number of nitrogens with zero attached hydrogens (tertiary/aromatic N) is 3. The summed E-state index contributed by atoms with van der Waals surface area (Å²) in [6.45, 7) is 12.6. The van der Waals surface area contributed by atoms with E-state index in [2.05, 4.69) is 34.3 Å². The molecule has 0 bridgehead atoms. The zero-order chi connectivity index (χ0) is 13.5. The second kappa shape index (κ2) is 8.14. The van der Waals surface area contributed by atoms with E-state index < -0.39 is 0 Å². The Kier molecular flexibility index (Phi) is 6.49. The van der Waals surface area contributed by atoms with Crippen molar-refractivity contribution in [2.45, 2.75) is 26.4 Å². The predicted octanol–water partition coefficient (Wildman–Crippen LogP) is 0.128. The molecular formula is C13H28N4O2. The van der Waals surface area contributed by atoms with Gasteiger partial charge >= 0.3 is 0 Å². The van der Waals surface area contributed by atoms with Gasteiger partial charge in [0.1, 0.15) is 0 Å². The maximum absolute atomic E-state index is 5.62. The third-order valence-electron chi connectivity index (χ3n) is 3.61. The first-order chi connectivity index (χ1) is 9.36. The number of hydrogen-bond acceptors (Lipinski definition) is 6. The predicted molar refractivity (Wildman–Crippen MR) is 74.4 cm³/mol. The molecule has 6 heteroatoms. The second-order valence-corrected chi connectivity index (χ2v) is 4.96. The molecule has 2 rings (SSSR count). The van der Waals surface area contributed by atoms with Gasteiger partial charge in [0.25, 0.3) is 0 Å². The summed E-state index contributed by atoms with van der Waals surface area (Å²) >= 11 is 0. The van der Waals surface area contributed by atoms with Crippen LogP contribution < -0.4 is 5.32 Å². The quantitative estimate of drug-likeness (QED) is 0.693. The highest BCUT2D eigenvalue weighted by atomic mass is 16.5. The first kappa shape index (κ1) is 15.2. The molecule has 2 fully saturated rings. The third-order valence-corrected chi connectivity index (χ3v) is 3.61. The van der Waals surface area contributed by atoms with E-state index in [0.717, 1.165) is 65.6 Å². The van der Waals surface area contributed by atoms with Crippen LogP contribution in [0.3, 0.4) is 0 Å². The third kappa shape index (κ3) is 4.11. The SMILES string of the molecule is CCCN(C1COCCN1)N(CC)N1CCOCC1. The van der Waals surface area contributed by atoms with Gasteiger partial charge in [0, 0.05) is 32.7 Å². The van der Waals surface area contributed by atoms with Crippen LogP contribution in [0.25, 0.3) is 0 Å². The largest absolute Gasteiger partial charge is 0.379 e. The van der Waals surface area contributed by atoms with Crippen molar-refractivity contribution in [3.8, 4) is 0 Å². The highest BCUT2D eigenvalue weighted by Crippen LogP contribution is 2.12. The van der Waals surface area contributed by atoms with E-state index in [0.29, 0.717) is 0 Å². The fraction of sp³-hybridized carbons (Fsp3) is 1.00. The van der Waals surface area contributed by atoms with Crippen LogP contribution >= 0.6 is 0 Å². The second-order valence-electron chi connectivity index (χ2n) is 4.96. The van der Waals surface area contributed by atoms with Gasteiger partial charge in [-0.05, 0) is 13.3 Å². The molecule has 0 aliphatic carbocycles. The summed E-state index contributed by atoms with van der Waals surface area (Å²) in [5.41, 5.74) is 0. The Bertz CT molecular complexity index is 243. The molecule has 19 heavy (non-hydrogen) atoms. The number of hydrogen-bond donors (Lipinski definition) is 1. The van der Waals surface area contributed by atoms with Gasteiger partial charge in [0.15, 0.2) is 0 Å². The minimum Gasteiger partial charge on any atom is -0.379 e.